The monoisotopic (exact) mass is 451 g/mol. The summed E-state index contributed by atoms with van der Waals surface area (Å²) in [5, 5.41) is 8.49. The van der Waals surface area contributed by atoms with Gasteiger partial charge in [-0.3, -0.25) is 15.3 Å². The quantitative estimate of drug-likeness (QED) is 0.533. The van der Waals surface area contributed by atoms with Crippen molar-refractivity contribution in [2.24, 2.45) is 5.92 Å². The van der Waals surface area contributed by atoms with Crippen LogP contribution in [0.4, 0.5) is 11.6 Å². The first kappa shape index (κ1) is 21.5. The standard InChI is InChI=1S/C25H37N7O/c1-16-11-24(31-30-16)28-23-14-22-21(3-2-8-26-22)25(29-23)27-18-12-19-4-5-20(13-18)32(19)15-17-6-9-33-10-7-17/h2-3,8,14,16-20,24,30-31H,4-7,9-13,15H2,1H3,(H2,27,28,29)/t16?,18?,19-,20+,24?. The van der Waals surface area contributed by atoms with Gasteiger partial charge in [0.25, 0.3) is 0 Å². The molecule has 0 amide bonds. The molecular weight excluding hydrogens is 414 g/mol. The Hall–Kier alpha value is -2.00. The number of piperidine rings is 1. The van der Waals surface area contributed by atoms with Crippen molar-refractivity contribution < 1.29 is 4.74 Å². The number of hydrazine groups is 1. The highest BCUT2D eigenvalue weighted by molar-refractivity contribution is 5.91. The number of aromatic nitrogens is 2. The molecule has 0 aromatic carbocycles. The van der Waals surface area contributed by atoms with E-state index in [1.807, 2.05) is 12.3 Å². The summed E-state index contributed by atoms with van der Waals surface area (Å²) in [6, 6.07) is 8.51. The van der Waals surface area contributed by atoms with Crippen LogP contribution in [-0.2, 0) is 4.74 Å². The van der Waals surface area contributed by atoms with Crippen molar-refractivity contribution in [2.45, 2.75) is 82.2 Å². The summed E-state index contributed by atoms with van der Waals surface area (Å²) >= 11 is 0. The second kappa shape index (κ2) is 9.33. The van der Waals surface area contributed by atoms with E-state index in [-0.39, 0.29) is 6.17 Å². The fourth-order valence-corrected chi connectivity index (χ4v) is 6.36. The van der Waals surface area contributed by atoms with Crippen molar-refractivity contribution >= 4 is 22.5 Å². The molecule has 0 spiro atoms. The topological polar surface area (TPSA) is 86.4 Å². The van der Waals surface area contributed by atoms with E-state index in [2.05, 4.69) is 50.4 Å². The molecule has 8 heteroatoms. The van der Waals surface area contributed by atoms with Gasteiger partial charge < -0.3 is 15.4 Å². The maximum atomic E-state index is 5.58. The first-order valence-corrected chi connectivity index (χ1v) is 12.8. The Labute approximate surface area is 196 Å². The number of fused-ring (bicyclic) bond motifs is 3. The van der Waals surface area contributed by atoms with Gasteiger partial charge in [0.05, 0.1) is 11.7 Å². The van der Waals surface area contributed by atoms with Crippen LogP contribution >= 0.6 is 0 Å². The third-order valence-electron chi connectivity index (χ3n) is 8.05. The molecule has 0 radical (unpaired) electrons. The van der Waals surface area contributed by atoms with Gasteiger partial charge in [-0.1, -0.05) is 0 Å². The summed E-state index contributed by atoms with van der Waals surface area (Å²) < 4.78 is 5.58. The highest BCUT2D eigenvalue weighted by Crippen LogP contribution is 2.38. The van der Waals surface area contributed by atoms with Gasteiger partial charge in [-0.05, 0) is 69.9 Å². The Morgan fingerprint density at radius 2 is 1.88 bits per heavy atom. The lowest BCUT2D eigenvalue weighted by atomic mass is 9.93. The van der Waals surface area contributed by atoms with E-state index in [0.29, 0.717) is 24.2 Å². The second-order valence-corrected chi connectivity index (χ2v) is 10.5. The Balaban J connectivity index is 1.17. The summed E-state index contributed by atoms with van der Waals surface area (Å²) in [7, 11) is 0. The molecule has 2 aromatic heterocycles. The van der Waals surface area contributed by atoms with Gasteiger partial charge in [-0.15, -0.1) is 0 Å². The minimum Gasteiger partial charge on any atom is -0.381 e. The fourth-order valence-electron chi connectivity index (χ4n) is 6.36. The van der Waals surface area contributed by atoms with E-state index in [1.54, 1.807) is 0 Å². The maximum Gasteiger partial charge on any atom is 0.138 e. The number of rotatable bonds is 6. The average Bonchev–Trinajstić information content (AvgIpc) is 3.33. The van der Waals surface area contributed by atoms with Crippen LogP contribution in [0.1, 0.15) is 51.9 Å². The van der Waals surface area contributed by atoms with Crippen molar-refractivity contribution in [1.29, 1.82) is 0 Å². The van der Waals surface area contributed by atoms with Crippen molar-refractivity contribution in [3.63, 3.8) is 0 Å². The van der Waals surface area contributed by atoms with Crippen molar-refractivity contribution in [3.05, 3.63) is 24.4 Å². The number of nitrogens with one attached hydrogen (secondary N) is 4. The third kappa shape index (κ3) is 4.67. The van der Waals surface area contributed by atoms with Gasteiger partial charge in [0.2, 0.25) is 0 Å². The Morgan fingerprint density at radius 1 is 1.06 bits per heavy atom. The summed E-state index contributed by atoms with van der Waals surface area (Å²) in [4.78, 5) is 12.5. The van der Waals surface area contributed by atoms with Crippen molar-refractivity contribution in [1.82, 2.24) is 25.7 Å². The molecule has 4 aliphatic heterocycles. The second-order valence-electron chi connectivity index (χ2n) is 10.5. The molecule has 4 saturated heterocycles. The Morgan fingerprint density at radius 3 is 2.64 bits per heavy atom. The third-order valence-corrected chi connectivity index (χ3v) is 8.05. The van der Waals surface area contributed by atoms with E-state index >= 15 is 0 Å². The smallest absolute Gasteiger partial charge is 0.138 e. The predicted molar refractivity (Wildman–Crippen MR) is 131 cm³/mol. The van der Waals surface area contributed by atoms with Crippen LogP contribution in [0.5, 0.6) is 0 Å². The van der Waals surface area contributed by atoms with Gasteiger partial charge in [-0.25, -0.2) is 10.4 Å². The molecule has 4 N–H and O–H groups in total. The largest absolute Gasteiger partial charge is 0.381 e. The molecule has 4 aliphatic rings. The summed E-state index contributed by atoms with van der Waals surface area (Å²) in [6.07, 6.45) is 10.6. The van der Waals surface area contributed by atoms with E-state index < -0.39 is 0 Å². The van der Waals surface area contributed by atoms with E-state index in [4.69, 9.17) is 9.72 Å². The SMILES string of the molecule is CC1CC(Nc2cc3ncccc3c(NC3C[C@H]4CC[C@@H](C3)N4CC3CCOCC3)n2)NN1. The van der Waals surface area contributed by atoms with Crippen LogP contribution in [0.25, 0.3) is 10.9 Å². The van der Waals surface area contributed by atoms with Crippen LogP contribution < -0.4 is 21.5 Å². The van der Waals surface area contributed by atoms with Crippen LogP contribution in [0.2, 0.25) is 0 Å². The minimum absolute atomic E-state index is 0.172. The summed E-state index contributed by atoms with van der Waals surface area (Å²) in [5.41, 5.74) is 7.56. The maximum absolute atomic E-state index is 5.58. The number of pyridine rings is 2. The van der Waals surface area contributed by atoms with Crippen LogP contribution in [-0.4, -0.2) is 65.0 Å². The number of nitrogens with zero attached hydrogens (tertiary/aromatic N) is 3. The van der Waals surface area contributed by atoms with Gasteiger partial charge in [0.15, 0.2) is 0 Å². The first-order valence-electron chi connectivity index (χ1n) is 12.8. The predicted octanol–water partition coefficient (Wildman–Crippen LogP) is 3.09. The molecular formula is C25H37N7O. The van der Waals surface area contributed by atoms with Crippen molar-refractivity contribution in [3.8, 4) is 0 Å². The molecule has 178 valence electrons. The summed E-state index contributed by atoms with van der Waals surface area (Å²) in [5.74, 6) is 2.65. The van der Waals surface area contributed by atoms with Gasteiger partial charge in [-0.2, -0.15) is 0 Å². The molecule has 0 aliphatic carbocycles. The van der Waals surface area contributed by atoms with E-state index in [9.17, 15) is 0 Å². The first-order chi connectivity index (χ1) is 16.2. The Bertz CT molecular complexity index is 951. The molecule has 2 aromatic rings. The molecule has 4 fully saturated rings. The molecule has 0 saturated carbocycles. The lowest BCUT2D eigenvalue weighted by Crippen LogP contribution is -2.49. The molecule has 6 rings (SSSR count). The highest BCUT2D eigenvalue weighted by Gasteiger charge is 2.41. The highest BCUT2D eigenvalue weighted by atomic mass is 16.5. The molecule has 8 nitrogen and oxygen atoms in total. The van der Waals surface area contributed by atoms with Crippen molar-refractivity contribution in [2.75, 3.05) is 30.4 Å². The zero-order chi connectivity index (χ0) is 22.2. The Kier molecular flexibility index (Phi) is 6.09. The average molecular weight is 452 g/mol. The fraction of sp³-hybridized carbons (Fsp3) is 0.680. The number of hydrogen-bond acceptors (Lipinski definition) is 8. The lowest BCUT2D eigenvalue weighted by Gasteiger charge is -2.41. The minimum atomic E-state index is 0.172. The van der Waals surface area contributed by atoms with Gasteiger partial charge in [0, 0.05) is 61.6 Å². The van der Waals surface area contributed by atoms with Crippen LogP contribution in [0.3, 0.4) is 0 Å². The van der Waals surface area contributed by atoms with Crippen LogP contribution in [0.15, 0.2) is 24.4 Å². The number of ether oxygens (including phenoxy) is 1. The molecule has 3 unspecified atom stereocenters. The number of hydrogen-bond donors (Lipinski definition) is 4. The molecule has 5 atom stereocenters. The van der Waals surface area contributed by atoms with E-state index in [0.717, 1.165) is 48.1 Å². The molecule has 6 heterocycles. The van der Waals surface area contributed by atoms with Gasteiger partial charge in [0.1, 0.15) is 11.6 Å². The zero-order valence-electron chi connectivity index (χ0n) is 19.6. The van der Waals surface area contributed by atoms with E-state index in [1.165, 1.54) is 45.1 Å². The molecule has 33 heavy (non-hydrogen) atoms. The lowest BCUT2D eigenvalue weighted by molar-refractivity contribution is 0.0348. The van der Waals surface area contributed by atoms with Crippen LogP contribution in [0, 0.1) is 5.92 Å². The summed E-state index contributed by atoms with van der Waals surface area (Å²) in [6.45, 7) is 5.33. The zero-order valence-corrected chi connectivity index (χ0v) is 19.6. The number of anilines is 2. The molecule has 2 bridgehead atoms. The normalized spacial score (nSPS) is 32.9. The van der Waals surface area contributed by atoms with Gasteiger partial charge >= 0.3 is 0 Å².